The maximum absolute atomic E-state index is 11.4. The maximum atomic E-state index is 11.4. The molecule has 1 aromatic carbocycles. The van der Waals surface area contributed by atoms with Crippen molar-refractivity contribution >= 4 is 29.3 Å². The van der Waals surface area contributed by atoms with Crippen molar-refractivity contribution in [1.82, 2.24) is 4.90 Å². The monoisotopic (exact) mass is 259 g/mol. The molecule has 0 bridgehead atoms. The Bertz CT molecular complexity index is 380. The molecule has 0 aromatic heterocycles. The molecule has 1 aliphatic heterocycles. The number of carbonyl (C=O) groups excluding carboxylic acids is 1. The molecular formula is C11H11Cl2NO2. The number of benzene rings is 1. The van der Waals surface area contributed by atoms with Gasteiger partial charge in [0.1, 0.15) is 6.10 Å². The summed E-state index contributed by atoms with van der Waals surface area (Å²) >= 11 is 11.4. The van der Waals surface area contributed by atoms with Gasteiger partial charge in [0.2, 0.25) is 0 Å². The number of rotatable bonds is 3. The lowest BCUT2D eigenvalue weighted by molar-refractivity contribution is 0.138. The number of amides is 1. The third kappa shape index (κ3) is 2.60. The first kappa shape index (κ1) is 11.6. The molecule has 5 heteroatoms. The smallest absolute Gasteiger partial charge is 0.410 e. The van der Waals surface area contributed by atoms with Gasteiger partial charge in [0.15, 0.2) is 0 Å². The van der Waals surface area contributed by atoms with Crippen molar-refractivity contribution in [2.75, 3.05) is 12.4 Å². The van der Waals surface area contributed by atoms with Crippen LogP contribution in [0.15, 0.2) is 24.3 Å². The van der Waals surface area contributed by atoms with Crippen LogP contribution in [0, 0.1) is 0 Å². The van der Waals surface area contributed by atoms with Crippen molar-refractivity contribution in [1.29, 1.82) is 0 Å². The number of hydrogen-bond acceptors (Lipinski definition) is 2. The van der Waals surface area contributed by atoms with E-state index in [1.165, 1.54) is 0 Å². The molecule has 1 aliphatic rings. The van der Waals surface area contributed by atoms with Crippen molar-refractivity contribution in [2.24, 2.45) is 0 Å². The van der Waals surface area contributed by atoms with Gasteiger partial charge in [-0.1, -0.05) is 23.7 Å². The fraction of sp³-hybridized carbons (Fsp3) is 0.364. The zero-order chi connectivity index (χ0) is 11.5. The number of alkyl halides is 1. The molecule has 0 radical (unpaired) electrons. The average Bonchev–Trinajstić information content (AvgIpc) is 2.63. The SMILES string of the molecule is O=C1O[C@@H](CCl)CN1Cc1ccc(Cl)cc1. The summed E-state index contributed by atoms with van der Waals surface area (Å²) in [6, 6.07) is 7.39. The number of nitrogens with zero attached hydrogens (tertiary/aromatic N) is 1. The van der Waals surface area contributed by atoms with Crippen LogP contribution in [-0.4, -0.2) is 29.5 Å². The summed E-state index contributed by atoms with van der Waals surface area (Å²) in [5.41, 5.74) is 1.02. The molecule has 1 heterocycles. The predicted octanol–water partition coefficient (Wildman–Crippen LogP) is 2.90. The first-order chi connectivity index (χ1) is 7.69. The Morgan fingerprint density at radius 3 is 2.62 bits per heavy atom. The highest BCUT2D eigenvalue weighted by Gasteiger charge is 2.30. The summed E-state index contributed by atoms with van der Waals surface area (Å²) in [4.78, 5) is 13.1. The third-order valence-electron chi connectivity index (χ3n) is 2.41. The Balaban J connectivity index is 2.00. The Hall–Kier alpha value is -0.930. The van der Waals surface area contributed by atoms with Gasteiger partial charge in [0.25, 0.3) is 0 Å². The summed E-state index contributed by atoms with van der Waals surface area (Å²) in [6.07, 6.45) is -0.498. The van der Waals surface area contributed by atoms with Crippen LogP contribution in [0.1, 0.15) is 5.56 Å². The van der Waals surface area contributed by atoms with E-state index in [1.807, 2.05) is 12.1 Å². The van der Waals surface area contributed by atoms with E-state index in [-0.39, 0.29) is 12.2 Å². The molecule has 2 rings (SSSR count). The second-order valence-corrected chi connectivity index (χ2v) is 4.41. The normalized spacial score (nSPS) is 20.0. The van der Waals surface area contributed by atoms with Crippen LogP contribution < -0.4 is 0 Å². The zero-order valence-corrected chi connectivity index (χ0v) is 10.0. The highest BCUT2D eigenvalue weighted by molar-refractivity contribution is 6.30. The second-order valence-electron chi connectivity index (χ2n) is 3.67. The minimum absolute atomic E-state index is 0.193. The molecular weight excluding hydrogens is 249 g/mol. The van der Waals surface area contributed by atoms with Crippen LogP contribution in [0.2, 0.25) is 5.02 Å². The number of hydrogen-bond donors (Lipinski definition) is 0. The van der Waals surface area contributed by atoms with Crippen LogP contribution in [0.5, 0.6) is 0 Å². The molecule has 0 N–H and O–H groups in total. The van der Waals surface area contributed by atoms with E-state index in [2.05, 4.69) is 0 Å². The van der Waals surface area contributed by atoms with Crippen molar-refractivity contribution in [3.63, 3.8) is 0 Å². The van der Waals surface area contributed by atoms with Crippen LogP contribution in [-0.2, 0) is 11.3 Å². The fourth-order valence-electron chi connectivity index (χ4n) is 1.59. The topological polar surface area (TPSA) is 29.5 Å². The van der Waals surface area contributed by atoms with Crippen LogP contribution in [0.25, 0.3) is 0 Å². The van der Waals surface area contributed by atoms with Gasteiger partial charge in [0.05, 0.1) is 12.4 Å². The maximum Gasteiger partial charge on any atom is 0.410 e. The Morgan fingerprint density at radius 2 is 2.06 bits per heavy atom. The van der Waals surface area contributed by atoms with Gasteiger partial charge < -0.3 is 9.64 Å². The third-order valence-corrected chi connectivity index (χ3v) is 3.00. The van der Waals surface area contributed by atoms with E-state index in [1.54, 1.807) is 17.0 Å². The van der Waals surface area contributed by atoms with Gasteiger partial charge in [-0.25, -0.2) is 4.79 Å². The lowest BCUT2D eigenvalue weighted by Crippen LogP contribution is -2.24. The Kier molecular flexibility index (Phi) is 3.56. The van der Waals surface area contributed by atoms with Gasteiger partial charge >= 0.3 is 6.09 Å². The minimum atomic E-state index is -0.305. The standard InChI is InChI=1S/C11H11Cl2NO2/c12-5-10-7-14(11(15)16-10)6-8-1-3-9(13)4-2-8/h1-4,10H,5-7H2/t10-/m0/s1. The molecule has 3 nitrogen and oxygen atoms in total. The van der Waals surface area contributed by atoms with Crippen LogP contribution in [0.4, 0.5) is 4.79 Å². The second kappa shape index (κ2) is 4.93. The van der Waals surface area contributed by atoms with Gasteiger partial charge in [-0.05, 0) is 17.7 Å². The van der Waals surface area contributed by atoms with Gasteiger partial charge in [0, 0.05) is 11.6 Å². The molecule has 0 aliphatic carbocycles. The predicted molar refractivity (Wildman–Crippen MR) is 62.9 cm³/mol. The van der Waals surface area contributed by atoms with Gasteiger partial charge in [-0.2, -0.15) is 0 Å². The number of cyclic esters (lactones) is 1. The van der Waals surface area contributed by atoms with E-state index in [4.69, 9.17) is 27.9 Å². The van der Waals surface area contributed by atoms with Crippen LogP contribution in [0.3, 0.4) is 0 Å². The van der Waals surface area contributed by atoms with E-state index in [0.717, 1.165) is 5.56 Å². The Labute approximate surface area is 104 Å². The number of carbonyl (C=O) groups is 1. The largest absolute Gasteiger partial charge is 0.443 e. The highest BCUT2D eigenvalue weighted by atomic mass is 35.5. The average molecular weight is 260 g/mol. The van der Waals surface area contributed by atoms with Gasteiger partial charge in [-0.15, -0.1) is 11.6 Å². The lowest BCUT2D eigenvalue weighted by Gasteiger charge is -2.12. The molecule has 1 atom stereocenters. The number of halogens is 2. The van der Waals surface area contributed by atoms with Crippen molar-refractivity contribution in [2.45, 2.75) is 12.6 Å². The summed E-state index contributed by atoms with van der Waals surface area (Å²) < 4.78 is 5.05. The lowest BCUT2D eigenvalue weighted by atomic mass is 10.2. The fourth-order valence-corrected chi connectivity index (χ4v) is 1.88. The molecule has 86 valence electrons. The molecule has 1 amide bonds. The highest BCUT2D eigenvalue weighted by Crippen LogP contribution is 2.17. The summed E-state index contributed by atoms with van der Waals surface area (Å²) in [5.74, 6) is 0.336. The molecule has 0 spiro atoms. The molecule has 1 fully saturated rings. The van der Waals surface area contributed by atoms with E-state index < -0.39 is 0 Å². The van der Waals surface area contributed by atoms with E-state index >= 15 is 0 Å². The molecule has 16 heavy (non-hydrogen) atoms. The quantitative estimate of drug-likeness (QED) is 0.782. The molecule has 1 aromatic rings. The minimum Gasteiger partial charge on any atom is -0.443 e. The van der Waals surface area contributed by atoms with Crippen molar-refractivity contribution < 1.29 is 9.53 Å². The summed E-state index contributed by atoms with van der Waals surface area (Å²) in [7, 11) is 0. The number of ether oxygens (including phenoxy) is 1. The Morgan fingerprint density at radius 1 is 1.38 bits per heavy atom. The molecule has 0 saturated carbocycles. The first-order valence-electron chi connectivity index (χ1n) is 4.95. The van der Waals surface area contributed by atoms with E-state index in [9.17, 15) is 4.79 Å². The molecule has 0 unspecified atom stereocenters. The van der Waals surface area contributed by atoms with Gasteiger partial charge in [-0.3, -0.25) is 0 Å². The summed E-state index contributed by atoms with van der Waals surface area (Å²) in [5, 5.41) is 0.686. The zero-order valence-electron chi connectivity index (χ0n) is 8.53. The first-order valence-corrected chi connectivity index (χ1v) is 5.86. The van der Waals surface area contributed by atoms with Crippen molar-refractivity contribution in [3.8, 4) is 0 Å². The van der Waals surface area contributed by atoms with Crippen LogP contribution >= 0.6 is 23.2 Å². The summed E-state index contributed by atoms with van der Waals surface area (Å²) in [6.45, 7) is 1.08. The van der Waals surface area contributed by atoms with Crippen molar-refractivity contribution in [3.05, 3.63) is 34.9 Å². The van der Waals surface area contributed by atoms with E-state index in [0.29, 0.717) is 24.0 Å². The molecule has 1 saturated heterocycles.